The zero-order valence-electron chi connectivity index (χ0n) is 6.47. The fourth-order valence-electron chi connectivity index (χ4n) is 1.24. The van der Waals surface area contributed by atoms with Gasteiger partial charge in [-0.1, -0.05) is 0 Å². The summed E-state index contributed by atoms with van der Waals surface area (Å²) in [5, 5.41) is 11.9. The molecule has 0 bridgehead atoms. The molecular formula is C9H7FOS. The topological polar surface area (TPSA) is 20.2 Å². The van der Waals surface area contributed by atoms with E-state index in [9.17, 15) is 9.50 Å². The monoisotopic (exact) mass is 182 g/mol. The Morgan fingerprint density at radius 1 is 1.42 bits per heavy atom. The maximum absolute atomic E-state index is 12.9. The molecule has 0 spiro atoms. The van der Waals surface area contributed by atoms with Crippen molar-refractivity contribution < 1.29 is 9.50 Å². The second kappa shape index (κ2) is 2.45. The average Bonchev–Trinajstić information content (AvgIpc) is 2.41. The number of rotatable bonds is 0. The van der Waals surface area contributed by atoms with Crippen LogP contribution in [0.4, 0.5) is 4.39 Å². The highest BCUT2D eigenvalue weighted by Crippen LogP contribution is 2.34. The van der Waals surface area contributed by atoms with Gasteiger partial charge in [-0.15, -0.1) is 11.3 Å². The van der Waals surface area contributed by atoms with Crippen LogP contribution in [0.2, 0.25) is 0 Å². The Hall–Kier alpha value is -1.09. The van der Waals surface area contributed by atoms with Gasteiger partial charge in [0.25, 0.3) is 0 Å². The first-order chi connectivity index (χ1) is 5.70. The van der Waals surface area contributed by atoms with Crippen molar-refractivity contribution in [2.45, 2.75) is 6.92 Å². The van der Waals surface area contributed by atoms with Crippen molar-refractivity contribution in [3.05, 3.63) is 28.9 Å². The molecule has 1 heterocycles. The first-order valence-electron chi connectivity index (χ1n) is 3.55. The van der Waals surface area contributed by atoms with E-state index in [1.54, 1.807) is 6.07 Å². The number of phenols is 1. The molecule has 0 amide bonds. The van der Waals surface area contributed by atoms with Crippen LogP contribution in [0.25, 0.3) is 10.1 Å². The summed E-state index contributed by atoms with van der Waals surface area (Å²) < 4.78 is 13.8. The Morgan fingerprint density at radius 3 is 2.92 bits per heavy atom. The summed E-state index contributed by atoms with van der Waals surface area (Å²) in [6.07, 6.45) is 0. The molecule has 12 heavy (non-hydrogen) atoms. The molecule has 0 aliphatic rings. The quantitative estimate of drug-likeness (QED) is 0.663. The highest BCUT2D eigenvalue weighted by Gasteiger charge is 2.08. The van der Waals surface area contributed by atoms with Crippen LogP contribution in [-0.2, 0) is 0 Å². The van der Waals surface area contributed by atoms with Crippen LogP contribution < -0.4 is 0 Å². The molecule has 1 nitrogen and oxygen atoms in total. The highest BCUT2D eigenvalue weighted by molar-refractivity contribution is 7.17. The molecule has 2 rings (SSSR count). The highest BCUT2D eigenvalue weighted by atomic mass is 32.1. The Bertz CT molecular complexity index is 433. The normalized spacial score (nSPS) is 10.8. The number of aryl methyl sites for hydroxylation is 1. The zero-order chi connectivity index (χ0) is 8.72. The summed E-state index contributed by atoms with van der Waals surface area (Å²) in [7, 11) is 0. The van der Waals surface area contributed by atoms with Crippen LogP contribution in [-0.4, -0.2) is 5.11 Å². The summed E-state index contributed by atoms with van der Waals surface area (Å²) in [6.45, 7) is 1.86. The number of fused-ring (bicyclic) bond motifs is 1. The van der Waals surface area contributed by atoms with Gasteiger partial charge in [-0.05, 0) is 30.0 Å². The number of thiophene rings is 1. The smallest absolute Gasteiger partial charge is 0.165 e. The molecule has 0 aliphatic carbocycles. The van der Waals surface area contributed by atoms with Crippen LogP contribution >= 0.6 is 11.3 Å². The van der Waals surface area contributed by atoms with Crippen LogP contribution in [0.15, 0.2) is 17.5 Å². The van der Waals surface area contributed by atoms with Crippen molar-refractivity contribution in [1.82, 2.24) is 0 Å². The molecule has 1 aromatic heterocycles. The summed E-state index contributed by atoms with van der Waals surface area (Å²) in [5.74, 6) is -0.782. The Morgan fingerprint density at radius 2 is 2.17 bits per heavy atom. The molecule has 0 saturated heterocycles. The van der Waals surface area contributed by atoms with Gasteiger partial charge >= 0.3 is 0 Å². The lowest BCUT2D eigenvalue weighted by molar-refractivity contribution is 0.439. The second-order valence-corrected chi connectivity index (χ2v) is 3.60. The van der Waals surface area contributed by atoms with E-state index in [0.717, 1.165) is 10.3 Å². The van der Waals surface area contributed by atoms with Gasteiger partial charge < -0.3 is 5.11 Å². The molecule has 62 valence electrons. The number of phenolic OH excluding ortho intramolecular Hbond substituents is 1. The predicted octanol–water partition coefficient (Wildman–Crippen LogP) is 3.05. The lowest BCUT2D eigenvalue weighted by Crippen LogP contribution is -1.76. The number of benzene rings is 1. The van der Waals surface area contributed by atoms with E-state index in [1.165, 1.54) is 17.4 Å². The van der Waals surface area contributed by atoms with Crippen LogP contribution in [0.1, 0.15) is 5.56 Å². The van der Waals surface area contributed by atoms with Gasteiger partial charge in [-0.25, -0.2) is 4.39 Å². The fraction of sp³-hybridized carbons (Fsp3) is 0.111. The third-order valence-electron chi connectivity index (χ3n) is 1.85. The van der Waals surface area contributed by atoms with E-state index in [1.807, 2.05) is 12.3 Å². The molecule has 0 atom stereocenters. The maximum Gasteiger partial charge on any atom is 0.165 e. The van der Waals surface area contributed by atoms with Gasteiger partial charge in [0.15, 0.2) is 11.6 Å². The van der Waals surface area contributed by atoms with E-state index >= 15 is 0 Å². The summed E-state index contributed by atoms with van der Waals surface area (Å²) in [4.78, 5) is 0. The first-order valence-corrected chi connectivity index (χ1v) is 4.43. The SMILES string of the molecule is Cc1csc2ccc(F)c(O)c12. The van der Waals surface area contributed by atoms with Gasteiger partial charge in [0, 0.05) is 10.1 Å². The van der Waals surface area contributed by atoms with Crippen molar-refractivity contribution in [2.24, 2.45) is 0 Å². The summed E-state index contributed by atoms with van der Waals surface area (Å²) in [6, 6.07) is 2.97. The third-order valence-corrected chi connectivity index (χ3v) is 2.91. The lowest BCUT2D eigenvalue weighted by atomic mass is 10.2. The van der Waals surface area contributed by atoms with Crippen molar-refractivity contribution in [2.75, 3.05) is 0 Å². The number of halogens is 1. The number of hydrogen-bond donors (Lipinski definition) is 1. The molecule has 1 N–H and O–H groups in total. The fourth-order valence-corrected chi connectivity index (χ4v) is 2.18. The molecule has 0 aliphatic heterocycles. The van der Waals surface area contributed by atoms with E-state index in [4.69, 9.17) is 0 Å². The Balaban J connectivity index is 2.96. The lowest BCUT2D eigenvalue weighted by Gasteiger charge is -1.97. The van der Waals surface area contributed by atoms with E-state index < -0.39 is 5.82 Å². The summed E-state index contributed by atoms with van der Waals surface area (Å²) >= 11 is 1.51. The molecular weight excluding hydrogens is 175 g/mol. The van der Waals surface area contributed by atoms with Crippen molar-refractivity contribution >= 4 is 21.4 Å². The van der Waals surface area contributed by atoms with Gasteiger partial charge in [0.05, 0.1) is 0 Å². The molecule has 2 aromatic rings. The van der Waals surface area contributed by atoms with Crippen molar-refractivity contribution in [3.8, 4) is 5.75 Å². The van der Waals surface area contributed by atoms with E-state index in [2.05, 4.69) is 0 Å². The minimum absolute atomic E-state index is 0.230. The molecule has 0 saturated carbocycles. The molecule has 1 aromatic carbocycles. The molecule has 3 heteroatoms. The summed E-state index contributed by atoms with van der Waals surface area (Å²) in [5.41, 5.74) is 0.923. The van der Waals surface area contributed by atoms with E-state index in [-0.39, 0.29) is 5.75 Å². The molecule has 0 fully saturated rings. The van der Waals surface area contributed by atoms with Crippen LogP contribution in [0, 0.1) is 12.7 Å². The van der Waals surface area contributed by atoms with Crippen LogP contribution in [0.3, 0.4) is 0 Å². The molecule has 0 radical (unpaired) electrons. The van der Waals surface area contributed by atoms with Crippen molar-refractivity contribution in [3.63, 3.8) is 0 Å². The van der Waals surface area contributed by atoms with Gasteiger partial charge in [0.2, 0.25) is 0 Å². The van der Waals surface area contributed by atoms with Crippen LogP contribution in [0.5, 0.6) is 5.75 Å². The van der Waals surface area contributed by atoms with Gasteiger partial charge in [0.1, 0.15) is 0 Å². The maximum atomic E-state index is 12.9. The largest absolute Gasteiger partial charge is 0.504 e. The minimum atomic E-state index is -0.552. The van der Waals surface area contributed by atoms with E-state index in [0.29, 0.717) is 5.39 Å². The predicted molar refractivity (Wildman–Crippen MR) is 48.2 cm³/mol. The Labute approximate surface area is 73.1 Å². The molecule has 0 unspecified atom stereocenters. The first kappa shape index (κ1) is 7.55. The third kappa shape index (κ3) is 0.898. The van der Waals surface area contributed by atoms with Crippen molar-refractivity contribution in [1.29, 1.82) is 0 Å². The van der Waals surface area contributed by atoms with Gasteiger partial charge in [-0.2, -0.15) is 0 Å². The van der Waals surface area contributed by atoms with Gasteiger partial charge in [-0.3, -0.25) is 0 Å². The average molecular weight is 182 g/mol. The number of aromatic hydroxyl groups is 1. The zero-order valence-corrected chi connectivity index (χ0v) is 7.28. The Kier molecular flexibility index (Phi) is 1.54. The standard InChI is InChI=1S/C9H7FOS/c1-5-4-12-7-3-2-6(10)9(11)8(5)7/h2-4,11H,1H3. The number of hydrogen-bond acceptors (Lipinski definition) is 2. The minimum Gasteiger partial charge on any atom is -0.504 e. The second-order valence-electron chi connectivity index (χ2n) is 2.69.